The minimum Gasteiger partial charge on any atom is -0.376 e. The van der Waals surface area contributed by atoms with Crippen molar-refractivity contribution in [2.45, 2.75) is 32.9 Å². The molecule has 0 heterocycles. The van der Waals surface area contributed by atoms with Crippen LogP contribution in [0, 0.1) is 0 Å². The van der Waals surface area contributed by atoms with Crippen LogP contribution in [0.3, 0.4) is 0 Å². The van der Waals surface area contributed by atoms with Crippen LogP contribution in [0.1, 0.15) is 47.1 Å². The molecule has 0 fully saturated rings. The third-order valence-corrected chi connectivity index (χ3v) is 5.09. The van der Waals surface area contributed by atoms with E-state index in [1.807, 2.05) is 57.2 Å². The maximum Gasteiger partial charge on any atom is 0.253 e. The average Bonchev–Trinajstić information content (AvgIpc) is 2.82. The molecule has 7 heteroatoms. The fraction of sp³-hybridized carbons (Fsp3) is 0.250. The van der Waals surface area contributed by atoms with Crippen LogP contribution in [0.25, 0.3) is 0 Å². The molecule has 0 aliphatic heterocycles. The molecular weight excluding hydrogens is 440 g/mol. The molecule has 0 saturated heterocycles. The maximum atomic E-state index is 12.8. The SMILES string of the molecule is CN(Cc1ccccc1)C(=O)c1cccc(NCC(=O)Nc2ccc(C(=O)NC(C)(C)C)cc2)c1. The number of carbonyl (C=O) groups excluding carboxylic acids is 3. The van der Waals surface area contributed by atoms with Gasteiger partial charge in [0.25, 0.3) is 11.8 Å². The summed E-state index contributed by atoms with van der Waals surface area (Å²) >= 11 is 0. The van der Waals surface area contributed by atoms with Crippen molar-refractivity contribution in [2.75, 3.05) is 24.2 Å². The van der Waals surface area contributed by atoms with Crippen LogP contribution in [-0.2, 0) is 11.3 Å². The Labute approximate surface area is 206 Å². The zero-order chi connectivity index (χ0) is 25.4. The monoisotopic (exact) mass is 472 g/mol. The summed E-state index contributed by atoms with van der Waals surface area (Å²) in [6, 6.07) is 23.6. The highest BCUT2D eigenvalue weighted by molar-refractivity contribution is 5.97. The van der Waals surface area contributed by atoms with Crippen LogP contribution in [0.15, 0.2) is 78.9 Å². The fourth-order valence-electron chi connectivity index (χ4n) is 3.42. The lowest BCUT2D eigenvalue weighted by molar-refractivity contribution is -0.114. The number of rotatable bonds is 8. The van der Waals surface area contributed by atoms with E-state index in [0.29, 0.717) is 29.0 Å². The summed E-state index contributed by atoms with van der Waals surface area (Å²) < 4.78 is 0. The normalized spacial score (nSPS) is 10.9. The Morgan fingerprint density at radius 1 is 0.800 bits per heavy atom. The first kappa shape index (κ1) is 25.5. The highest BCUT2D eigenvalue weighted by atomic mass is 16.2. The molecule has 3 rings (SSSR count). The van der Waals surface area contributed by atoms with E-state index in [-0.39, 0.29) is 29.8 Å². The van der Waals surface area contributed by atoms with Gasteiger partial charge in [-0.05, 0) is 68.8 Å². The number of nitrogens with zero attached hydrogens (tertiary/aromatic N) is 1. The van der Waals surface area contributed by atoms with Gasteiger partial charge in [0.15, 0.2) is 0 Å². The summed E-state index contributed by atoms with van der Waals surface area (Å²) in [7, 11) is 1.76. The van der Waals surface area contributed by atoms with Gasteiger partial charge in [0.1, 0.15) is 0 Å². The number of carbonyl (C=O) groups is 3. The number of hydrogen-bond donors (Lipinski definition) is 3. The van der Waals surface area contributed by atoms with Gasteiger partial charge in [-0.15, -0.1) is 0 Å². The fourth-order valence-corrected chi connectivity index (χ4v) is 3.42. The van der Waals surface area contributed by atoms with E-state index in [1.165, 1.54) is 0 Å². The van der Waals surface area contributed by atoms with Gasteiger partial charge in [0.2, 0.25) is 5.91 Å². The lowest BCUT2D eigenvalue weighted by atomic mass is 10.1. The number of nitrogens with one attached hydrogen (secondary N) is 3. The van der Waals surface area contributed by atoms with E-state index in [0.717, 1.165) is 5.56 Å². The number of benzene rings is 3. The van der Waals surface area contributed by atoms with Gasteiger partial charge in [-0.2, -0.15) is 0 Å². The molecule has 0 atom stereocenters. The highest BCUT2D eigenvalue weighted by Gasteiger charge is 2.15. The molecule has 3 aromatic rings. The van der Waals surface area contributed by atoms with Crippen molar-refractivity contribution in [3.8, 4) is 0 Å². The second kappa shape index (κ2) is 11.3. The van der Waals surface area contributed by atoms with Crippen LogP contribution < -0.4 is 16.0 Å². The molecule has 182 valence electrons. The average molecular weight is 473 g/mol. The molecule has 0 spiro atoms. The zero-order valence-corrected chi connectivity index (χ0v) is 20.6. The standard InChI is InChI=1S/C28H32N4O3/c1-28(2,3)31-26(34)21-13-15-23(16-14-21)30-25(33)18-29-24-12-8-11-22(17-24)27(35)32(4)19-20-9-6-5-7-10-20/h5-17,29H,18-19H2,1-4H3,(H,30,33)(H,31,34). The van der Waals surface area contributed by atoms with Crippen LogP contribution in [-0.4, -0.2) is 41.8 Å². The molecule has 0 aliphatic rings. The molecule has 0 aliphatic carbocycles. The van der Waals surface area contributed by atoms with Gasteiger partial charge in [-0.25, -0.2) is 0 Å². The molecule has 35 heavy (non-hydrogen) atoms. The summed E-state index contributed by atoms with van der Waals surface area (Å²) in [5, 5.41) is 8.76. The Hall–Kier alpha value is -4.13. The van der Waals surface area contributed by atoms with Crippen molar-refractivity contribution >= 4 is 29.1 Å². The second-order valence-electron chi connectivity index (χ2n) is 9.41. The number of anilines is 2. The van der Waals surface area contributed by atoms with Crippen molar-refractivity contribution in [1.29, 1.82) is 0 Å². The van der Waals surface area contributed by atoms with Crippen molar-refractivity contribution < 1.29 is 14.4 Å². The molecule has 0 unspecified atom stereocenters. The Morgan fingerprint density at radius 3 is 2.14 bits per heavy atom. The molecule has 0 bridgehead atoms. The Morgan fingerprint density at radius 2 is 1.49 bits per heavy atom. The third kappa shape index (κ3) is 7.99. The summed E-state index contributed by atoms with van der Waals surface area (Å²) in [6.07, 6.45) is 0. The lowest BCUT2D eigenvalue weighted by Gasteiger charge is -2.20. The molecule has 3 amide bonds. The molecular formula is C28H32N4O3. The third-order valence-electron chi connectivity index (χ3n) is 5.09. The molecule has 0 saturated carbocycles. The van der Waals surface area contributed by atoms with E-state index in [1.54, 1.807) is 54.4 Å². The zero-order valence-electron chi connectivity index (χ0n) is 20.6. The van der Waals surface area contributed by atoms with E-state index >= 15 is 0 Å². The van der Waals surface area contributed by atoms with Gasteiger partial charge in [0, 0.05) is 41.6 Å². The predicted molar refractivity (Wildman–Crippen MR) is 139 cm³/mol. The van der Waals surface area contributed by atoms with E-state index < -0.39 is 0 Å². The summed E-state index contributed by atoms with van der Waals surface area (Å²) in [4.78, 5) is 39.1. The minimum absolute atomic E-state index is 0.0315. The smallest absolute Gasteiger partial charge is 0.253 e. The Balaban J connectivity index is 1.52. The van der Waals surface area contributed by atoms with Crippen LogP contribution in [0.4, 0.5) is 11.4 Å². The van der Waals surface area contributed by atoms with Crippen molar-refractivity contribution in [2.24, 2.45) is 0 Å². The first-order valence-electron chi connectivity index (χ1n) is 11.5. The molecule has 0 radical (unpaired) electrons. The number of amides is 3. The molecule has 3 aromatic carbocycles. The van der Waals surface area contributed by atoms with Gasteiger partial charge in [-0.3, -0.25) is 14.4 Å². The molecule has 0 aromatic heterocycles. The van der Waals surface area contributed by atoms with Crippen LogP contribution in [0.2, 0.25) is 0 Å². The van der Waals surface area contributed by atoms with E-state index in [9.17, 15) is 14.4 Å². The maximum absolute atomic E-state index is 12.8. The first-order chi connectivity index (χ1) is 16.6. The second-order valence-corrected chi connectivity index (χ2v) is 9.41. The molecule has 3 N–H and O–H groups in total. The summed E-state index contributed by atoms with van der Waals surface area (Å²) in [6.45, 7) is 6.30. The van der Waals surface area contributed by atoms with Crippen molar-refractivity contribution in [3.63, 3.8) is 0 Å². The van der Waals surface area contributed by atoms with Crippen molar-refractivity contribution in [1.82, 2.24) is 10.2 Å². The summed E-state index contributed by atoms with van der Waals surface area (Å²) in [5.41, 5.74) is 3.06. The van der Waals surface area contributed by atoms with Gasteiger partial charge >= 0.3 is 0 Å². The molecule has 7 nitrogen and oxygen atoms in total. The van der Waals surface area contributed by atoms with Crippen LogP contribution in [0.5, 0.6) is 0 Å². The summed E-state index contributed by atoms with van der Waals surface area (Å²) in [5.74, 6) is -0.506. The lowest BCUT2D eigenvalue weighted by Crippen LogP contribution is -2.40. The van der Waals surface area contributed by atoms with Crippen LogP contribution >= 0.6 is 0 Å². The largest absolute Gasteiger partial charge is 0.376 e. The Bertz CT molecular complexity index is 1170. The first-order valence-corrected chi connectivity index (χ1v) is 11.5. The minimum atomic E-state index is -0.325. The van der Waals surface area contributed by atoms with E-state index in [4.69, 9.17) is 0 Å². The topological polar surface area (TPSA) is 90.5 Å². The number of hydrogen-bond acceptors (Lipinski definition) is 4. The Kier molecular flexibility index (Phi) is 8.25. The van der Waals surface area contributed by atoms with E-state index in [2.05, 4.69) is 16.0 Å². The quantitative estimate of drug-likeness (QED) is 0.449. The van der Waals surface area contributed by atoms with Gasteiger partial charge in [-0.1, -0.05) is 36.4 Å². The van der Waals surface area contributed by atoms with Gasteiger partial charge < -0.3 is 20.9 Å². The van der Waals surface area contributed by atoms with Crippen molar-refractivity contribution in [3.05, 3.63) is 95.6 Å². The predicted octanol–water partition coefficient (Wildman–Crippen LogP) is 4.54. The van der Waals surface area contributed by atoms with Gasteiger partial charge in [0.05, 0.1) is 6.54 Å². The highest BCUT2D eigenvalue weighted by Crippen LogP contribution is 2.15.